The second-order valence-corrected chi connectivity index (χ2v) is 4.81. The summed E-state index contributed by atoms with van der Waals surface area (Å²) in [5.41, 5.74) is 0. The molecule has 0 radical (unpaired) electrons. The highest BCUT2D eigenvalue weighted by Crippen LogP contribution is 2.18. The van der Waals surface area contributed by atoms with Crippen molar-refractivity contribution in [1.82, 2.24) is 4.90 Å². The van der Waals surface area contributed by atoms with Crippen molar-refractivity contribution in [3.05, 3.63) is 23.3 Å². The van der Waals surface area contributed by atoms with Gasteiger partial charge in [-0.2, -0.15) is 0 Å². The van der Waals surface area contributed by atoms with Crippen LogP contribution in [0.1, 0.15) is 25.7 Å². The van der Waals surface area contributed by atoms with Crippen LogP contribution in [0.4, 0.5) is 0 Å². The first-order chi connectivity index (χ1) is 7.40. The van der Waals surface area contributed by atoms with Crippen LogP contribution in [-0.4, -0.2) is 30.1 Å². The smallest absolute Gasteiger partial charge is 0.108 e. The summed E-state index contributed by atoms with van der Waals surface area (Å²) in [5.74, 6) is 1.25. The number of allylic oxidation sites excluding steroid dienone is 1. The van der Waals surface area contributed by atoms with Gasteiger partial charge in [0.1, 0.15) is 5.84 Å². The maximum Gasteiger partial charge on any atom is 0.108 e. The average molecular weight is 222 g/mol. The van der Waals surface area contributed by atoms with Gasteiger partial charge in [-0.25, -0.2) is 4.99 Å². The fourth-order valence-corrected chi connectivity index (χ4v) is 2.39. The second-order valence-electron chi connectivity index (χ2n) is 3.94. The summed E-state index contributed by atoms with van der Waals surface area (Å²) < 4.78 is 0. The Bertz CT molecular complexity index is 299. The van der Waals surface area contributed by atoms with Gasteiger partial charge in [-0.3, -0.25) is 0 Å². The Morgan fingerprint density at radius 1 is 1.27 bits per heavy atom. The molecule has 2 aliphatic heterocycles. The Kier molecular flexibility index (Phi) is 3.89. The highest BCUT2D eigenvalue weighted by molar-refractivity contribution is 8.02. The summed E-state index contributed by atoms with van der Waals surface area (Å²) in [4.78, 5) is 8.29. The number of hydrogen-bond donors (Lipinski definition) is 0. The molecule has 0 spiro atoms. The molecular weight excluding hydrogens is 204 g/mol. The first-order valence-corrected chi connectivity index (χ1v) is 6.85. The zero-order valence-electron chi connectivity index (χ0n) is 9.28. The Morgan fingerprint density at radius 2 is 2.07 bits per heavy atom. The third kappa shape index (κ3) is 2.88. The fraction of sp³-hybridized carbons (Fsp3) is 0.583. The Balaban J connectivity index is 2.05. The number of nitrogens with zero attached hydrogens (tertiary/aromatic N) is 2. The largest absolute Gasteiger partial charge is 0.360 e. The molecule has 0 bridgehead atoms. The molecule has 0 atom stereocenters. The molecule has 2 heterocycles. The normalized spacial score (nSPS) is 22.1. The Morgan fingerprint density at radius 3 is 2.80 bits per heavy atom. The molecule has 0 aromatic carbocycles. The highest BCUT2D eigenvalue weighted by atomic mass is 32.2. The van der Waals surface area contributed by atoms with Gasteiger partial charge in [0, 0.05) is 30.6 Å². The highest BCUT2D eigenvalue weighted by Gasteiger charge is 2.13. The van der Waals surface area contributed by atoms with Gasteiger partial charge in [0.15, 0.2) is 0 Å². The van der Waals surface area contributed by atoms with Gasteiger partial charge in [0.05, 0.1) is 0 Å². The van der Waals surface area contributed by atoms with Gasteiger partial charge in [-0.1, -0.05) is 12.2 Å². The lowest BCUT2D eigenvalue weighted by molar-refractivity contribution is 0.338. The number of piperidine rings is 1. The quantitative estimate of drug-likeness (QED) is 0.677. The SMILES string of the molecule is CSC1=CN=C(N2CCCCC2)CC=C1. The lowest BCUT2D eigenvalue weighted by Crippen LogP contribution is -2.35. The van der Waals surface area contributed by atoms with E-state index in [2.05, 4.69) is 28.3 Å². The number of hydrogen-bond acceptors (Lipinski definition) is 3. The average Bonchev–Trinajstić information content (AvgIpc) is 2.55. The summed E-state index contributed by atoms with van der Waals surface area (Å²) in [6, 6.07) is 0. The minimum Gasteiger partial charge on any atom is -0.360 e. The van der Waals surface area contributed by atoms with Crippen molar-refractivity contribution in [3.63, 3.8) is 0 Å². The molecule has 15 heavy (non-hydrogen) atoms. The molecular formula is C12H18N2S. The molecule has 0 aromatic rings. The monoisotopic (exact) mass is 222 g/mol. The van der Waals surface area contributed by atoms with Crippen molar-refractivity contribution in [2.75, 3.05) is 19.3 Å². The standard InChI is InChI=1S/C12H18N2S/c1-15-11-6-5-7-12(13-10-11)14-8-3-2-4-9-14/h5-6,10H,2-4,7-9H2,1H3. The van der Waals surface area contributed by atoms with E-state index in [4.69, 9.17) is 0 Å². The molecule has 2 rings (SSSR count). The lowest BCUT2D eigenvalue weighted by atomic mass is 10.1. The third-order valence-electron chi connectivity index (χ3n) is 2.88. The van der Waals surface area contributed by atoms with E-state index < -0.39 is 0 Å². The van der Waals surface area contributed by atoms with Crippen molar-refractivity contribution in [2.45, 2.75) is 25.7 Å². The number of likely N-dealkylation sites (tertiary alicyclic amines) is 1. The predicted octanol–water partition coefficient (Wildman–Crippen LogP) is 3.04. The van der Waals surface area contributed by atoms with Crippen molar-refractivity contribution >= 4 is 17.6 Å². The van der Waals surface area contributed by atoms with Gasteiger partial charge < -0.3 is 4.90 Å². The second kappa shape index (κ2) is 5.40. The van der Waals surface area contributed by atoms with Gasteiger partial charge in [0.25, 0.3) is 0 Å². The molecule has 1 saturated heterocycles. The molecule has 0 amide bonds. The molecule has 0 saturated carbocycles. The molecule has 0 aromatic heterocycles. The van der Waals surface area contributed by atoms with Crippen LogP contribution in [-0.2, 0) is 0 Å². The van der Waals surface area contributed by atoms with E-state index >= 15 is 0 Å². The van der Waals surface area contributed by atoms with Crippen LogP contribution in [0.5, 0.6) is 0 Å². The van der Waals surface area contributed by atoms with Crippen LogP contribution < -0.4 is 0 Å². The van der Waals surface area contributed by atoms with Gasteiger partial charge in [0.2, 0.25) is 0 Å². The molecule has 0 aliphatic carbocycles. The zero-order chi connectivity index (χ0) is 10.5. The Hall–Kier alpha value is -0.700. The van der Waals surface area contributed by atoms with E-state index in [1.54, 1.807) is 11.8 Å². The van der Waals surface area contributed by atoms with E-state index in [9.17, 15) is 0 Å². The summed E-state index contributed by atoms with van der Waals surface area (Å²) in [7, 11) is 0. The number of amidine groups is 1. The van der Waals surface area contributed by atoms with Crippen molar-refractivity contribution in [1.29, 1.82) is 0 Å². The summed E-state index contributed by atoms with van der Waals surface area (Å²) in [6.45, 7) is 2.38. The van der Waals surface area contributed by atoms with Crippen LogP contribution in [0, 0.1) is 0 Å². The third-order valence-corrected chi connectivity index (χ3v) is 3.59. The van der Waals surface area contributed by atoms with Gasteiger partial charge >= 0.3 is 0 Å². The molecule has 2 aliphatic rings. The van der Waals surface area contributed by atoms with E-state index in [-0.39, 0.29) is 0 Å². The van der Waals surface area contributed by atoms with E-state index in [1.165, 1.54) is 43.1 Å². The minimum absolute atomic E-state index is 0.987. The van der Waals surface area contributed by atoms with Crippen LogP contribution >= 0.6 is 11.8 Å². The molecule has 1 fully saturated rings. The lowest BCUT2D eigenvalue weighted by Gasteiger charge is -2.29. The van der Waals surface area contributed by atoms with Crippen LogP contribution in [0.15, 0.2) is 28.2 Å². The first kappa shape index (κ1) is 10.8. The molecule has 0 N–H and O–H groups in total. The predicted molar refractivity (Wildman–Crippen MR) is 68.2 cm³/mol. The van der Waals surface area contributed by atoms with E-state index in [0.29, 0.717) is 0 Å². The summed E-state index contributed by atoms with van der Waals surface area (Å²) >= 11 is 1.76. The molecule has 2 nitrogen and oxygen atoms in total. The fourth-order valence-electron chi connectivity index (χ4n) is 2.00. The molecule has 82 valence electrons. The topological polar surface area (TPSA) is 15.6 Å². The van der Waals surface area contributed by atoms with E-state index in [1.807, 2.05) is 6.20 Å². The maximum absolute atomic E-state index is 4.60. The number of rotatable bonds is 1. The zero-order valence-corrected chi connectivity index (χ0v) is 10.1. The van der Waals surface area contributed by atoms with Crippen LogP contribution in [0.3, 0.4) is 0 Å². The van der Waals surface area contributed by atoms with Crippen molar-refractivity contribution in [3.8, 4) is 0 Å². The van der Waals surface area contributed by atoms with Crippen LogP contribution in [0.25, 0.3) is 0 Å². The minimum atomic E-state index is 0.987. The first-order valence-electron chi connectivity index (χ1n) is 5.62. The molecule has 3 heteroatoms. The number of thioether (sulfide) groups is 1. The summed E-state index contributed by atoms with van der Waals surface area (Å²) in [5, 5.41) is 0. The van der Waals surface area contributed by atoms with Gasteiger partial charge in [-0.05, 0) is 25.5 Å². The Labute approximate surface area is 96.1 Å². The van der Waals surface area contributed by atoms with Crippen LogP contribution in [0.2, 0.25) is 0 Å². The van der Waals surface area contributed by atoms with E-state index in [0.717, 1.165) is 6.42 Å². The van der Waals surface area contributed by atoms with Gasteiger partial charge in [-0.15, -0.1) is 11.8 Å². The number of aliphatic imine (C=N–C) groups is 1. The maximum atomic E-state index is 4.60. The summed E-state index contributed by atoms with van der Waals surface area (Å²) in [6.07, 6.45) is 13.5. The van der Waals surface area contributed by atoms with Crippen molar-refractivity contribution in [2.24, 2.45) is 4.99 Å². The molecule has 0 unspecified atom stereocenters. The van der Waals surface area contributed by atoms with Crippen molar-refractivity contribution < 1.29 is 0 Å².